The number of hydrogen-bond donors (Lipinski definition) is 3. The van der Waals surface area contributed by atoms with Crippen LogP contribution in [0, 0.1) is 11.3 Å². The minimum Gasteiger partial charge on any atom is -0.381 e. The predicted octanol–water partition coefficient (Wildman–Crippen LogP) is 6.27. The van der Waals surface area contributed by atoms with Crippen molar-refractivity contribution in [2.75, 3.05) is 18.4 Å². The van der Waals surface area contributed by atoms with E-state index in [9.17, 15) is 13.2 Å². The van der Waals surface area contributed by atoms with Gasteiger partial charge in [-0.3, -0.25) is 10.00 Å². The highest BCUT2D eigenvalue weighted by molar-refractivity contribution is 7.18. The molecule has 1 aliphatic rings. The van der Waals surface area contributed by atoms with E-state index in [1.807, 2.05) is 18.2 Å². The molecule has 1 aliphatic heterocycles. The van der Waals surface area contributed by atoms with E-state index < -0.39 is 12.6 Å². The number of H-pyrrole nitrogens is 2. The average molecular weight is 580 g/mol. The van der Waals surface area contributed by atoms with Gasteiger partial charge < -0.3 is 15.0 Å². The Kier molecular flexibility index (Phi) is 7.66. The monoisotopic (exact) mass is 579 g/mol. The van der Waals surface area contributed by atoms with Crippen molar-refractivity contribution in [1.82, 2.24) is 25.1 Å². The molecule has 8 nitrogen and oxygen atoms in total. The summed E-state index contributed by atoms with van der Waals surface area (Å²) < 4.78 is 45.3. The second-order valence-electron chi connectivity index (χ2n) is 10.4. The molecule has 0 atom stereocenters. The van der Waals surface area contributed by atoms with Gasteiger partial charge in [0.2, 0.25) is 0 Å². The second-order valence-corrected chi connectivity index (χ2v) is 11.5. The molecule has 41 heavy (non-hydrogen) atoms. The molecule has 5 aromatic rings. The smallest absolute Gasteiger partial charge is 0.381 e. The van der Waals surface area contributed by atoms with Crippen LogP contribution in [0.4, 0.5) is 18.9 Å². The highest BCUT2D eigenvalue weighted by atomic mass is 32.1. The number of alkyl halides is 3. The molecule has 3 N–H and O–H groups in total. The lowest BCUT2D eigenvalue weighted by molar-refractivity contribution is -0.126. The molecule has 6 rings (SSSR count). The van der Waals surface area contributed by atoms with E-state index in [2.05, 4.69) is 48.6 Å². The quantitative estimate of drug-likeness (QED) is 0.190. The van der Waals surface area contributed by atoms with E-state index in [0.29, 0.717) is 22.5 Å². The number of aromatic nitrogens is 4. The van der Waals surface area contributed by atoms with Crippen LogP contribution in [0.3, 0.4) is 0 Å². The maximum absolute atomic E-state index is 13.1. The van der Waals surface area contributed by atoms with Crippen molar-refractivity contribution >= 4 is 38.1 Å². The normalized spacial score (nSPS) is 15.1. The zero-order valence-electron chi connectivity index (χ0n) is 22.1. The number of benzene rings is 1. The average Bonchev–Trinajstić information content (AvgIpc) is 3.69. The van der Waals surface area contributed by atoms with Crippen LogP contribution in [0.1, 0.15) is 40.2 Å². The molecule has 0 aliphatic carbocycles. The number of thiophene rings is 1. The number of anilines is 1. The summed E-state index contributed by atoms with van der Waals surface area (Å²) in [5.74, 6) is 0. The number of hydrogen-bond acceptors (Lipinski definition) is 7. The fraction of sp³-hybridized carbons (Fsp3) is 0.345. The number of nitriles is 1. The van der Waals surface area contributed by atoms with E-state index in [4.69, 9.17) is 10.00 Å². The molecule has 1 fully saturated rings. The number of nitrogens with zero attached hydrogens (tertiary/aromatic N) is 4. The van der Waals surface area contributed by atoms with Crippen molar-refractivity contribution in [3.05, 3.63) is 76.2 Å². The van der Waals surface area contributed by atoms with Crippen LogP contribution < -0.4 is 5.32 Å². The molecular weight excluding hydrogens is 551 g/mol. The number of rotatable bonds is 9. The number of likely N-dealkylation sites (tertiary alicyclic amines) is 1. The summed E-state index contributed by atoms with van der Waals surface area (Å²) in [6.07, 6.45) is -0.103. The van der Waals surface area contributed by atoms with E-state index >= 15 is 0 Å². The van der Waals surface area contributed by atoms with Gasteiger partial charge in [-0.05, 0) is 48.7 Å². The van der Waals surface area contributed by atoms with Crippen molar-refractivity contribution in [3.8, 4) is 6.07 Å². The summed E-state index contributed by atoms with van der Waals surface area (Å²) in [6.45, 7) is 3.19. The molecule has 12 heteroatoms. The van der Waals surface area contributed by atoms with Gasteiger partial charge in [-0.2, -0.15) is 23.5 Å². The van der Waals surface area contributed by atoms with E-state index in [-0.39, 0.29) is 17.5 Å². The largest absolute Gasteiger partial charge is 0.393 e. The zero-order valence-corrected chi connectivity index (χ0v) is 22.9. The van der Waals surface area contributed by atoms with Crippen molar-refractivity contribution in [3.63, 3.8) is 0 Å². The number of pyridine rings is 1. The van der Waals surface area contributed by atoms with Gasteiger partial charge in [-0.1, -0.05) is 6.07 Å². The topological polar surface area (TPSA) is 106 Å². The Bertz CT molecular complexity index is 1680. The predicted molar refractivity (Wildman–Crippen MR) is 151 cm³/mol. The van der Waals surface area contributed by atoms with Crippen molar-refractivity contribution in [2.24, 2.45) is 0 Å². The molecular formula is C29H28F3N7OS. The van der Waals surface area contributed by atoms with E-state index in [0.717, 1.165) is 71.7 Å². The Morgan fingerprint density at radius 3 is 2.76 bits per heavy atom. The fourth-order valence-corrected chi connectivity index (χ4v) is 6.36. The van der Waals surface area contributed by atoms with E-state index in [1.54, 1.807) is 18.5 Å². The summed E-state index contributed by atoms with van der Waals surface area (Å²) in [5, 5.41) is 21.3. The highest BCUT2D eigenvalue weighted by Crippen LogP contribution is 2.36. The molecule has 1 aromatic carbocycles. The summed E-state index contributed by atoms with van der Waals surface area (Å²) >= 11 is 1.08. The minimum atomic E-state index is -4.28. The van der Waals surface area contributed by atoms with Gasteiger partial charge in [0, 0.05) is 64.8 Å². The second kappa shape index (κ2) is 11.5. The van der Waals surface area contributed by atoms with Gasteiger partial charge in [-0.25, -0.2) is 4.98 Å². The maximum Gasteiger partial charge on any atom is 0.393 e. The molecule has 0 spiro atoms. The third-order valence-corrected chi connectivity index (χ3v) is 8.33. The zero-order chi connectivity index (χ0) is 28.4. The van der Waals surface area contributed by atoms with E-state index in [1.165, 1.54) is 5.56 Å². The van der Waals surface area contributed by atoms with Crippen molar-refractivity contribution < 1.29 is 17.9 Å². The Balaban J connectivity index is 1.15. The van der Waals surface area contributed by atoms with Gasteiger partial charge in [0.15, 0.2) is 0 Å². The third kappa shape index (κ3) is 6.53. The molecule has 0 radical (unpaired) electrons. The molecule has 1 saturated heterocycles. The van der Waals surface area contributed by atoms with Crippen LogP contribution in [0.15, 0.2) is 48.8 Å². The standard InChI is InChI=1S/C29H28F3N7OS/c30-29(31,32)12-24-11-25-27(20(14-34-28(25)41-24)16-40-17-22-3-6-35-38-22)37-21-4-7-39(8-5-21)15-18-1-2-26-19(9-18)10-23(13-33)36-26/h1-3,6,9-11,14,21,36H,4-5,7-8,12,15-17H2,(H,34,37)(H,35,38). The SMILES string of the molecule is N#Cc1cc2cc(CN3CCC(Nc4c(COCc5ccn[nH]5)cnc5sc(CC(F)(F)F)cc45)CC3)ccc2[nH]1. The highest BCUT2D eigenvalue weighted by Gasteiger charge is 2.29. The first-order valence-corrected chi connectivity index (χ1v) is 14.2. The number of aromatic amines is 2. The van der Waals surface area contributed by atoms with Crippen LogP contribution in [0.5, 0.6) is 0 Å². The Labute approximate surface area is 238 Å². The third-order valence-electron chi connectivity index (χ3n) is 7.29. The molecule has 5 heterocycles. The number of halogens is 3. The molecule has 0 bridgehead atoms. The first-order chi connectivity index (χ1) is 19.8. The minimum absolute atomic E-state index is 0.166. The van der Waals surface area contributed by atoms with Crippen molar-refractivity contribution in [1.29, 1.82) is 5.26 Å². The number of fused-ring (bicyclic) bond motifs is 2. The van der Waals surface area contributed by atoms with Gasteiger partial charge in [0.1, 0.15) is 16.6 Å². The Morgan fingerprint density at radius 1 is 1.15 bits per heavy atom. The molecule has 212 valence electrons. The lowest BCUT2D eigenvalue weighted by atomic mass is 10.0. The first kappa shape index (κ1) is 27.3. The Morgan fingerprint density at radius 2 is 2.00 bits per heavy atom. The molecule has 0 amide bonds. The van der Waals surface area contributed by atoms with Crippen molar-refractivity contribution in [2.45, 2.75) is 51.2 Å². The lowest BCUT2D eigenvalue weighted by Gasteiger charge is -2.33. The summed E-state index contributed by atoms with van der Waals surface area (Å²) in [5.41, 5.74) is 5.14. The molecule has 0 unspecified atom stereocenters. The van der Waals surface area contributed by atoms with Crippen LogP contribution in [0.2, 0.25) is 0 Å². The van der Waals surface area contributed by atoms with Crippen LogP contribution in [-0.2, 0) is 30.9 Å². The molecule has 4 aromatic heterocycles. The summed E-state index contributed by atoms with van der Waals surface area (Å²) in [6, 6.07) is 13.8. The lowest BCUT2D eigenvalue weighted by Crippen LogP contribution is -2.38. The Hall–Kier alpha value is -3.92. The van der Waals surface area contributed by atoms with Gasteiger partial charge >= 0.3 is 6.18 Å². The van der Waals surface area contributed by atoms with Gasteiger partial charge in [0.05, 0.1) is 31.0 Å². The molecule has 0 saturated carbocycles. The summed E-state index contributed by atoms with van der Waals surface area (Å²) in [4.78, 5) is 10.8. The number of piperidine rings is 1. The number of ether oxygens (including phenoxy) is 1. The van der Waals surface area contributed by atoms with Gasteiger partial charge in [0.25, 0.3) is 0 Å². The summed E-state index contributed by atoms with van der Waals surface area (Å²) in [7, 11) is 0. The van der Waals surface area contributed by atoms with Crippen LogP contribution in [-0.4, -0.2) is 50.4 Å². The first-order valence-electron chi connectivity index (χ1n) is 13.4. The fourth-order valence-electron chi connectivity index (χ4n) is 5.32. The van der Waals surface area contributed by atoms with Gasteiger partial charge in [-0.15, -0.1) is 11.3 Å². The maximum atomic E-state index is 13.1. The van der Waals surface area contributed by atoms with Crippen LogP contribution in [0.25, 0.3) is 21.1 Å². The number of nitrogens with one attached hydrogen (secondary N) is 3. The van der Waals surface area contributed by atoms with Crippen LogP contribution >= 0.6 is 11.3 Å².